The Labute approximate surface area is 128 Å². The molecule has 0 bridgehead atoms. The van der Waals surface area contributed by atoms with E-state index in [4.69, 9.17) is 0 Å². The average molecular weight is 293 g/mol. The molecule has 1 saturated carbocycles. The number of carbonyl (C=O) groups excluding carboxylic acids is 1. The minimum Gasteiger partial charge on any atom is -0.353 e. The average Bonchev–Trinajstić information content (AvgIpc) is 2.93. The van der Waals surface area contributed by atoms with Gasteiger partial charge in [-0.15, -0.1) is 0 Å². The van der Waals surface area contributed by atoms with Crippen molar-refractivity contribution in [3.63, 3.8) is 0 Å². The van der Waals surface area contributed by atoms with Gasteiger partial charge in [0, 0.05) is 22.3 Å². The monoisotopic (exact) mass is 293 g/mol. The van der Waals surface area contributed by atoms with Crippen molar-refractivity contribution in [2.45, 2.75) is 38.1 Å². The molecular weight excluding hydrogens is 274 g/mol. The maximum atomic E-state index is 12.4. The second kappa shape index (κ2) is 5.44. The van der Waals surface area contributed by atoms with Crippen LogP contribution in [-0.4, -0.2) is 21.9 Å². The number of hydrogen-bond donors (Lipinski definition) is 2. The lowest BCUT2D eigenvalue weighted by Crippen LogP contribution is -2.36. The molecule has 22 heavy (non-hydrogen) atoms. The second-order valence-electron chi connectivity index (χ2n) is 6.09. The highest BCUT2D eigenvalue weighted by molar-refractivity contribution is 6.09. The Hall–Kier alpha value is -2.36. The fraction of sp³-hybridized carbons (Fsp3) is 0.333. The van der Waals surface area contributed by atoms with Crippen molar-refractivity contribution in [1.82, 2.24) is 15.3 Å². The van der Waals surface area contributed by atoms with Gasteiger partial charge in [0.05, 0.1) is 11.7 Å². The van der Waals surface area contributed by atoms with Crippen molar-refractivity contribution >= 4 is 27.7 Å². The van der Waals surface area contributed by atoms with Gasteiger partial charge in [-0.05, 0) is 25.0 Å². The van der Waals surface area contributed by atoms with Gasteiger partial charge < -0.3 is 10.3 Å². The molecule has 1 aliphatic carbocycles. The van der Waals surface area contributed by atoms with Gasteiger partial charge in [0.1, 0.15) is 5.69 Å². The maximum absolute atomic E-state index is 12.4. The number of hydrogen-bond acceptors (Lipinski definition) is 2. The highest BCUT2D eigenvalue weighted by Gasteiger charge is 2.18. The number of nitrogens with one attached hydrogen (secondary N) is 2. The predicted molar refractivity (Wildman–Crippen MR) is 87.9 cm³/mol. The number of nitrogens with zero attached hydrogens (tertiary/aromatic N) is 1. The molecule has 4 heteroatoms. The van der Waals surface area contributed by atoms with E-state index >= 15 is 0 Å². The summed E-state index contributed by atoms with van der Waals surface area (Å²) in [4.78, 5) is 20.1. The molecular formula is C18H19N3O. The summed E-state index contributed by atoms with van der Waals surface area (Å²) >= 11 is 0. The molecule has 0 aliphatic heterocycles. The number of carbonyl (C=O) groups is 1. The van der Waals surface area contributed by atoms with Crippen molar-refractivity contribution < 1.29 is 4.79 Å². The van der Waals surface area contributed by atoms with E-state index in [2.05, 4.69) is 21.4 Å². The van der Waals surface area contributed by atoms with Crippen LogP contribution >= 0.6 is 0 Å². The fourth-order valence-corrected chi connectivity index (χ4v) is 3.38. The summed E-state index contributed by atoms with van der Waals surface area (Å²) in [6.07, 6.45) is 7.62. The normalized spacial score (nSPS) is 16.2. The molecule has 1 fully saturated rings. The van der Waals surface area contributed by atoms with Crippen LogP contribution in [0.4, 0.5) is 0 Å². The number of aromatic amines is 1. The van der Waals surface area contributed by atoms with Crippen LogP contribution in [0.2, 0.25) is 0 Å². The largest absolute Gasteiger partial charge is 0.353 e. The Morgan fingerprint density at radius 1 is 1.09 bits per heavy atom. The summed E-state index contributed by atoms with van der Waals surface area (Å²) in [6, 6.07) is 10.3. The zero-order valence-corrected chi connectivity index (χ0v) is 12.4. The molecule has 1 aliphatic rings. The number of amides is 1. The smallest absolute Gasteiger partial charge is 0.270 e. The van der Waals surface area contributed by atoms with Crippen LogP contribution in [0.1, 0.15) is 42.6 Å². The molecule has 3 aromatic rings. The van der Waals surface area contributed by atoms with Crippen molar-refractivity contribution in [3.05, 3.63) is 42.2 Å². The van der Waals surface area contributed by atoms with Gasteiger partial charge >= 0.3 is 0 Å². The molecule has 0 spiro atoms. The van der Waals surface area contributed by atoms with Gasteiger partial charge in [0.15, 0.2) is 0 Å². The van der Waals surface area contributed by atoms with Gasteiger partial charge in [-0.1, -0.05) is 37.5 Å². The minimum absolute atomic E-state index is 0.0564. The van der Waals surface area contributed by atoms with E-state index in [1.54, 1.807) is 6.20 Å². The third kappa shape index (κ3) is 2.34. The van der Waals surface area contributed by atoms with Crippen molar-refractivity contribution in [1.29, 1.82) is 0 Å². The summed E-state index contributed by atoms with van der Waals surface area (Å²) in [5.74, 6) is -0.0564. The standard InChI is InChI=1S/C18H19N3O/c22-18(20-12-6-2-1-3-7-12)16-10-14-13-8-4-5-9-15(13)21-17(14)11-19-16/h4-5,8-12,21H,1-3,6-7H2,(H,20,22). The van der Waals surface area contributed by atoms with E-state index in [1.807, 2.05) is 24.3 Å². The lowest BCUT2D eigenvalue weighted by atomic mass is 9.95. The predicted octanol–water partition coefficient (Wildman–Crippen LogP) is 3.78. The molecule has 2 N–H and O–H groups in total. The first-order chi connectivity index (χ1) is 10.8. The van der Waals surface area contributed by atoms with Gasteiger partial charge in [-0.2, -0.15) is 0 Å². The van der Waals surface area contributed by atoms with Crippen LogP contribution in [0.3, 0.4) is 0 Å². The first kappa shape index (κ1) is 13.3. The number of pyridine rings is 1. The number of fused-ring (bicyclic) bond motifs is 3. The highest BCUT2D eigenvalue weighted by atomic mass is 16.1. The van der Waals surface area contributed by atoms with E-state index in [9.17, 15) is 4.79 Å². The molecule has 0 atom stereocenters. The Kier molecular flexibility index (Phi) is 3.29. The maximum Gasteiger partial charge on any atom is 0.270 e. The Morgan fingerprint density at radius 3 is 2.77 bits per heavy atom. The van der Waals surface area contributed by atoms with Crippen molar-refractivity contribution in [2.24, 2.45) is 0 Å². The molecule has 0 radical (unpaired) electrons. The SMILES string of the molecule is O=C(NC1CCCCC1)c1cc2c(cn1)[nH]c1ccccc12. The third-order valence-electron chi connectivity index (χ3n) is 4.56. The summed E-state index contributed by atoms with van der Waals surface area (Å²) in [7, 11) is 0. The molecule has 0 saturated heterocycles. The number of rotatable bonds is 2. The number of H-pyrrole nitrogens is 1. The molecule has 1 aromatic carbocycles. The Balaban J connectivity index is 1.66. The van der Waals surface area contributed by atoms with Crippen LogP contribution in [0.25, 0.3) is 21.8 Å². The van der Waals surface area contributed by atoms with Crippen LogP contribution in [0.5, 0.6) is 0 Å². The van der Waals surface area contributed by atoms with E-state index in [1.165, 1.54) is 19.3 Å². The lowest BCUT2D eigenvalue weighted by molar-refractivity contribution is 0.0923. The van der Waals surface area contributed by atoms with Crippen molar-refractivity contribution in [3.8, 4) is 0 Å². The van der Waals surface area contributed by atoms with E-state index in [0.29, 0.717) is 11.7 Å². The third-order valence-corrected chi connectivity index (χ3v) is 4.56. The zero-order chi connectivity index (χ0) is 14.9. The number of benzene rings is 1. The molecule has 2 heterocycles. The van der Waals surface area contributed by atoms with E-state index in [0.717, 1.165) is 34.6 Å². The highest BCUT2D eigenvalue weighted by Crippen LogP contribution is 2.25. The van der Waals surface area contributed by atoms with Gasteiger partial charge in [-0.3, -0.25) is 4.79 Å². The topological polar surface area (TPSA) is 57.8 Å². The van der Waals surface area contributed by atoms with Gasteiger partial charge in [-0.25, -0.2) is 4.98 Å². The lowest BCUT2D eigenvalue weighted by Gasteiger charge is -2.22. The summed E-state index contributed by atoms with van der Waals surface area (Å²) < 4.78 is 0. The van der Waals surface area contributed by atoms with Crippen LogP contribution < -0.4 is 5.32 Å². The molecule has 4 nitrogen and oxygen atoms in total. The summed E-state index contributed by atoms with van der Waals surface area (Å²) in [5.41, 5.74) is 2.54. The minimum atomic E-state index is -0.0564. The number of aromatic nitrogens is 2. The second-order valence-corrected chi connectivity index (χ2v) is 6.09. The van der Waals surface area contributed by atoms with E-state index < -0.39 is 0 Å². The number of para-hydroxylation sites is 1. The van der Waals surface area contributed by atoms with E-state index in [-0.39, 0.29) is 5.91 Å². The Morgan fingerprint density at radius 2 is 1.91 bits per heavy atom. The quantitative estimate of drug-likeness (QED) is 0.755. The van der Waals surface area contributed by atoms with Gasteiger partial charge in [0.2, 0.25) is 0 Å². The summed E-state index contributed by atoms with van der Waals surface area (Å²) in [6.45, 7) is 0. The molecule has 0 unspecified atom stereocenters. The van der Waals surface area contributed by atoms with Crippen LogP contribution in [-0.2, 0) is 0 Å². The van der Waals surface area contributed by atoms with Crippen LogP contribution in [0.15, 0.2) is 36.5 Å². The van der Waals surface area contributed by atoms with Crippen LogP contribution in [0, 0.1) is 0 Å². The van der Waals surface area contributed by atoms with Gasteiger partial charge in [0.25, 0.3) is 5.91 Å². The molecule has 4 rings (SSSR count). The first-order valence-corrected chi connectivity index (χ1v) is 7.98. The zero-order valence-electron chi connectivity index (χ0n) is 12.4. The first-order valence-electron chi connectivity index (χ1n) is 7.98. The summed E-state index contributed by atoms with van der Waals surface area (Å²) in [5, 5.41) is 5.31. The molecule has 2 aromatic heterocycles. The molecule has 112 valence electrons. The Bertz CT molecular complexity index is 831. The molecule has 1 amide bonds. The van der Waals surface area contributed by atoms with Crippen molar-refractivity contribution in [2.75, 3.05) is 0 Å². The fourth-order valence-electron chi connectivity index (χ4n) is 3.38.